The van der Waals surface area contributed by atoms with E-state index in [1.54, 1.807) is 30.3 Å². The Morgan fingerprint density at radius 2 is 0.985 bits per heavy atom. The third kappa shape index (κ3) is 21.0. The number of hydrogen-bond acceptors (Lipinski definition) is 19. The van der Waals surface area contributed by atoms with Crippen LogP contribution in [0, 0.1) is 0 Å². The molecule has 3 rings (SSSR count). The number of benzene rings is 1. The molecule has 380 valence electrons. The van der Waals surface area contributed by atoms with Crippen LogP contribution >= 0.6 is 0 Å². The van der Waals surface area contributed by atoms with Gasteiger partial charge in [0.05, 0.1) is 26.4 Å². The Labute approximate surface area is 387 Å². The summed E-state index contributed by atoms with van der Waals surface area (Å²) in [4.78, 5) is 76.6. The summed E-state index contributed by atoms with van der Waals surface area (Å²) in [6.45, 7) is -2.43. The maximum atomic E-state index is 13.1. The van der Waals surface area contributed by atoms with Gasteiger partial charge >= 0.3 is 6.09 Å². The van der Waals surface area contributed by atoms with Crippen LogP contribution in [0.2, 0.25) is 0 Å². The maximum absolute atomic E-state index is 13.1. The molecule has 25 nitrogen and oxygen atoms in total. The van der Waals surface area contributed by atoms with Gasteiger partial charge in [-0.2, -0.15) is 0 Å². The van der Waals surface area contributed by atoms with E-state index in [2.05, 4.69) is 26.6 Å². The van der Waals surface area contributed by atoms with Gasteiger partial charge in [0.15, 0.2) is 12.6 Å². The molecule has 2 aliphatic heterocycles. The molecule has 1 aromatic carbocycles. The van der Waals surface area contributed by atoms with Crippen molar-refractivity contribution in [1.29, 1.82) is 0 Å². The lowest BCUT2D eigenvalue weighted by Crippen LogP contribution is -2.59. The first kappa shape index (κ1) is 56.7. The van der Waals surface area contributed by atoms with Crippen LogP contribution in [0.1, 0.15) is 56.9 Å². The lowest BCUT2D eigenvalue weighted by molar-refractivity contribution is -0.300. The molecular formula is C42H68N6O19. The van der Waals surface area contributed by atoms with Crippen molar-refractivity contribution in [3.05, 3.63) is 35.9 Å². The van der Waals surface area contributed by atoms with Crippen LogP contribution in [-0.2, 0) is 54.3 Å². The van der Waals surface area contributed by atoms with Crippen LogP contribution in [0.15, 0.2) is 30.3 Å². The predicted octanol–water partition coefficient (Wildman–Crippen LogP) is -5.04. The normalized spacial score (nSPS) is 24.8. The molecule has 2 heterocycles. The molecule has 0 bridgehead atoms. The highest BCUT2D eigenvalue weighted by atomic mass is 16.7. The molecule has 2 fully saturated rings. The number of aliphatic hydroxyl groups excluding tert-OH is 8. The number of alkyl carbamates (subject to hydrolysis) is 1. The van der Waals surface area contributed by atoms with Crippen LogP contribution in [0.25, 0.3) is 0 Å². The van der Waals surface area contributed by atoms with E-state index in [0.29, 0.717) is 38.5 Å². The first-order valence-electron chi connectivity index (χ1n) is 22.3. The summed E-state index contributed by atoms with van der Waals surface area (Å²) in [6, 6.07) is 8.85. The highest BCUT2D eigenvalue weighted by Crippen LogP contribution is 2.23. The predicted molar refractivity (Wildman–Crippen MR) is 230 cm³/mol. The molecule has 25 heteroatoms. The quantitative estimate of drug-likeness (QED) is 0.0321. The molecule has 10 atom stereocenters. The van der Waals surface area contributed by atoms with Gasteiger partial charge in [0, 0.05) is 39.0 Å². The Balaban J connectivity index is 1.32. The smallest absolute Gasteiger partial charge is 0.407 e. The Morgan fingerprint density at radius 3 is 1.43 bits per heavy atom. The molecule has 2 aliphatic rings. The second-order valence-corrected chi connectivity index (χ2v) is 15.8. The number of unbranched alkanes of at least 4 members (excludes halogenated alkanes) is 4. The number of ether oxygens (including phenoxy) is 5. The van der Waals surface area contributed by atoms with E-state index in [0.717, 1.165) is 10.5 Å². The molecule has 67 heavy (non-hydrogen) atoms. The molecule has 0 radical (unpaired) electrons. The van der Waals surface area contributed by atoms with Crippen molar-refractivity contribution in [3.8, 4) is 0 Å². The fourth-order valence-electron chi connectivity index (χ4n) is 6.67. The molecule has 0 aliphatic carbocycles. The van der Waals surface area contributed by atoms with Crippen molar-refractivity contribution in [2.45, 2.75) is 119 Å². The number of aliphatic hydroxyl groups is 8. The fourth-order valence-corrected chi connectivity index (χ4v) is 6.67. The number of nitrogens with zero attached hydrogens (tertiary/aromatic N) is 1. The van der Waals surface area contributed by atoms with Gasteiger partial charge in [0.2, 0.25) is 29.5 Å². The molecule has 2 saturated heterocycles. The van der Waals surface area contributed by atoms with Crippen molar-refractivity contribution >= 4 is 35.6 Å². The van der Waals surface area contributed by atoms with Gasteiger partial charge in [-0.25, -0.2) is 4.79 Å². The molecular weight excluding hydrogens is 892 g/mol. The van der Waals surface area contributed by atoms with E-state index in [4.69, 9.17) is 23.7 Å². The van der Waals surface area contributed by atoms with Gasteiger partial charge in [0.1, 0.15) is 75.1 Å². The van der Waals surface area contributed by atoms with Gasteiger partial charge in [-0.05, 0) is 31.2 Å². The third-order valence-electron chi connectivity index (χ3n) is 10.5. The molecule has 13 N–H and O–H groups in total. The number of carbonyl (C=O) groups excluding carboxylic acids is 6. The van der Waals surface area contributed by atoms with E-state index in [9.17, 15) is 69.6 Å². The minimum absolute atomic E-state index is 0.0439. The van der Waals surface area contributed by atoms with E-state index in [1.807, 2.05) is 0 Å². The Morgan fingerprint density at radius 1 is 0.537 bits per heavy atom. The van der Waals surface area contributed by atoms with E-state index < -0.39 is 118 Å². The van der Waals surface area contributed by atoms with Crippen molar-refractivity contribution in [2.24, 2.45) is 0 Å². The second-order valence-electron chi connectivity index (χ2n) is 15.8. The molecule has 0 saturated carbocycles. The molecule has 1 aromatic rings. The lowest BCUT2D eigenvalue weighted by Gasteiger charge is -2.39. The Kier molecular flexibility index (Phi) is 26.6. The highest BCUT2D eigenvalue weighted by molar-refractivity contribution is 5.91. The largest absolute Gasteiger partial charge is 0.445 e. The van der Waals surface area contributed by atoms with Crippen molar-refractivity contribution in [1.82, 2.24) is 31.5 Å². The topological polar surface area (TPSA) is 374 Å². The zero-order valence-electron chi connectivity index (χ0n) is 37.3. The van der Waals surface area contributed by atoms with Crippen LogP contribution < -0.4 is 26.6 Å². The highest BCUT2D eigenvalue weighted by Gasteiger charge is 2.45. The fraction of sp³-hybridized carbons (Fsp3) is 0.714. The van der Waals surface area contributed by atoms with Crippen molar-refractivity contribution in [3.63, 3.8) is 0 Å². The summed E-state index contributed by atoms with van der Waals surface area (Å²) >= 11 is 0. The summed E-state index contributed by atoms with van der Waals surface area (Å²) in [6.07, 6.45) is -11.7. The summed E-state index contributed by atoms with van der Waals surface area (Å²) < 4.78 is 26.3. The zero-order valence-corrected chi connectivity index (χ0v) is 37.3. The Bertz CT molecular complexity index is 1570. The number of hydrogen-bond donors (Lipinski definition) is 13. The second kappa shape index (κ2) is 31.4. The van der Waals surface area contributed by atoms with Gasteiger partial charge in [0.25, 0.3) is 0 Å². The third-order valence-corrected chi connectivity index (χ3v) is 10.5. The standard InChI is InChI=1S/C42H68N6O19/c49-23-27-34(56)36(58)38(60)40(66-27)63-18-16-45-29(51)12-6-2-8-14-43-31(53)21-48(33(55)20-47-42(62)65-25-26-10-4-1-5-11-26)22-32(54)44-15-9-3-7-13-30(52)46-17-19-64-41-39(61)37(59)35(57)28(24-50)67-41/h1,4-5,10-11,27-28,34-41,49-50,56-61H,2-3,6-9,12-25H2,(H,43,53)(H,44,54)(H,45,51)(H,46,52)(H,47,62)/t27-,28-,34-,35-,36+,37+,38+,39+,40+,41+/m1/s1. The van der Waals surface area contributed by atoms with Crippen LogP contribution in [0.3, 0.4) is 0 Å². The molecule has 0 spiro atoms. The van der Waals surface area contributed by atoms with E-state index in [-0.39, 0.29) is 70.7 Å². The van der Waals surface area contributed by atoms with Gasteiger partial charge in [-0.1, -0.05) is 43.2 Å². The van der Waals surface area contributed by atoms with Crippen molar-refractivity contribution < 1.29 is 93.3 Å². The zero-order chi connectivity index (χ0) is 49.1. The summed E-state index contributed by atoms with van der Waals surface area (Å²) in [5, 5.41) is 91.0. The average molecular weight is 961 g/mol. The summed E-state index contributed by atoms with van der Waals surface area (Å²) in [5.74, 6) is -2.43. The molecule has 0 unspecified atom stereocenters. The summed E-state index contributed by atoms with van der Waals surface area (Å²) in [7, 11) is 0. The lowest BCUT2D eigenvalue weighted by atomic mass is 9.99. The van der Waals surface area contributed by atoms with Gasteiger partial charge in [-0.3, -0.25) is 24.0 Å². The average Bonchev–Trinajstić information content (AvgIpc) is 3.32. The molecule has 0 aromatic heterocycles. The number of amides is 6. The maximum Gasteiger partial charge on any atom is 0.407 e. The minimum Gasteiger partial charge on any atom is -0.445 e. The SMILES string of the molecule is O=C(CCCCCNC(=O)CN(CC(=O)NCCCCCC(=O)NCCO[C@H]1O[C@H](CO)[C@@H](O)[C@H](O)[C@@H]1O)C(=O)CNC(=O)OCc1ccccc1)NCCO[C@H]1O[C@H](CO)[C@@H](O)[C@H](O)[C@@H]1O. The summed E-state index contributed by atoms with van der Waals surface area (Å²) in [5.41, 5.74) is 0.724. The number of nitrogens with one attached hydrogen (secondary N) is 5. The Hall–Kier alpha value is -4.64. The van der Waals surface area contributed by atoms with Crippen LogP contribution in [-0.4, -0.2) is 215 Å². The first-order chi connectivity index (χ1) is 32.1. The number of carbonyl (C=O) groups is 6. The monoisotopic (exact) mass is 960 g/mol. The van der Waals surface area contributed by atoms with E-state index >= 15 is 0 Å². The van der Waals surface area contributed by atoms with Crippen LogP contribution in [0.4, 0.5) is 4.79 Å². The number of rotatable bonds is 30. The minimum atomic E-state index is -1.58. The van der Waals surface area contributed by atoms with Gasteiger partial charge < -0.3 is 96.0 Å². The van der Waals surface area contributed by atoms with E-state index in [1.165, 1.54) is 0 Å². The van der Waals surface area contributed by atoms with Crippen molar-refractivity contribution in [2.75, 3.05) is 72.2 Å². The van der Waals surface area contributed by atoms with Crippen LogP contribution in [0.5, 0.6) is 0 Å². The molecule has 6 amide bonds. The van der Waals surface area contributed by atoms with Gasteiger partial charge in [-0.15, -0.1) is 0 Å². The first-order valence-corrected chi connectivity index (χ1v) is 22.3.